The molecule has 2 rings (SSSR count). The molecule has 14 heteroatoms. The van der Waals surface area contributed by atoms with Crippen LogP contribution in [0.1, 0.15) is 60.8 Å². The van der Waals surface area contributed by atoms with E-state index in [0.29, 0.717) is 49.7 Å². The summed E-state index contributed by atoms with van der Waals surface area (Å²) < 4.78 is 10.9. The average Bonchev–Trinajstić information content (AvgIpc) is 2.85. The van der Waals surface area contributed by atoms with Crippen molar-refractivity contribution in [1.29, 1.82) is 0 Å². The third-order valence-electron chi connectivity index (χ3n) is 5.95. The van der Waals surface area contributed by atoms with Crippen molar-refractivity contribution in [2.24, 2.45) is 0 Å². The Kier molecular flexibility index (Phi) is 12.7. The van der Waals surface area contributed by atoms with Gasteiger partial charge in [-0.3, -0.25) is 19.4 Å². The number of thioether (sulfide) groups is 2. The topological polar surface area (TPSA) is 155 Å². The van der Waals surface area contributed by atoms with Crippen molar-refractivity contribution in [3.63, 3.8) is 0 Å². The van der Waals surface area contributed by atoms with E-state index in [2.05, 4.69) is 10.6 Å². The van der Waals surface area contributed by atoms with Gasteiger partial charge in [0.25, 0.3) is 0 Å². The van der Waals surface area contributed by atoms with E-state index in [1.54, 1.807) is 53.3 Å². The van der Waals surface area contributed by atoms with Gasteiger partial charge in [0.15, 0.2) is 0 Å². The lowest BCUT2D eigenvalue weighted by molar-refractivity contribution is -0.142. The van der Waals surface area contributed by atoms with Crippen LogP contribution in [-0.2, 0) is 23.9 Å². The van der Waals surface area contributed by atoms with Crippen molar-refractivity contribution in [3.05, 3.63) is 0 Å². The molecular formula is C26H44N4O8S2. The molecule has 0 aromatic heterocycles. The van der Waals surface area contributed by atoms with E-state index in [0.717, 1.165) is 5.75 Å². The van der Waals surface area contributed by atoms with Crippen LogP contribution in [0.25, 0.3) is 0 Å². The van der Waals surface area contributed by atoms with Crippen LogP contribution in [0.5, 0.6) is 0 Å². The summed E-state index contributed by atoms with van der Waals surface area (Å²) in [6.07, 6.45) is -0.0399. The Morgan fingerprint density at radius 3 is 1.75 bits per heavy atom. The maximum atomic E-state index is 13.0. The lowest BCUT2D eigenvalue weighted by atomic mass is 10.1. The lowest BCUT2D eigenvalue weighted by Gasteiger charge is -2.36. The van der Waals surface area contributed by atoms with Gasteiger partial charge in [-0.15, -0.1) is 0 Å². The Balaban J connectivity index is 1.84. The Morgan fingerprint density at radius 2 is 1.30 bits per heavy atom. The van der Waals surface area contributed by atoms with E-state index in [-0.39, 0.29) is 12.3 Å². The van der Waals surface area contributed by atoms with Gasteiger partial charge in [-0.25, -0.2) is 14.4 Å². The fourth-order valence-electron chi connectivity index (χ4n) is 4.05. The monoisotopic (exact) mass is 604 g/mol. The maximum absolute atomic E-state index is 13.0. The minimum Gasteiger partial charge on any atom is -0.480 e. The average molecular weight is 605 g/mol. The van der Waals surface area contributed by atoms with Crippen molar-refractivity contribution in [3.8, 4) is 0 Å². The zero-order chi connectivity index (χ0) is 30.1. The third-order valence-corrected chi connectivity index (χ3v) is 8.00. The first kappa shape index (κ1) is 33.9. The number of amides is 4. The Bertz CT molecular complexity index is 921. The van der Waals surface area contributed by atoms with Gasteiger partial charge in [0, 0.05) is 42.6 Å². The summed E-state index contributed by atoms with van der Waals surface area (Å²) in [5.74, 6) is 0.221. The molecule has 3 N–H and O–H groups in total. The molecule has 4 amide bonds. The molecule has 2 saturated heterocycles. The number of hydrogen-bond acceptors (Lipinski definition) is 9. The largest absolute Gasteiger partial charge is 0.480 e. The fraction of sp³-hybridized carbons (Fsp3) is 0.808. The SMILES string of the molecule is CC(C)(C)OC(=O)N1CCSCC1C(=O)NCCCCC(NC(=O)C1CSCCN1C(=O)OC(C)(C)C)C(=O)O. The highest BCUT2D eigenvalue weighted by Crippen LogP contribution is 2.22. The van der Waals surface area contributed by atoms with Gasteiger partial charge < -0.3 is 25.2 Å². The highest BCUT2D eigenvalue weighted by Gasteiger charge is 2.37. The van der Waals surface area contributed by atoms with E-state index < -0.39 is 53.4 Å². The summed E-state index contributed by atoms with van der Waals surface area (Å²) in [5, 5.41) is 15.1. The third kappa shape index (κ3) is 11.3. The van der Waals surface area contributed by atoms with Crippen LogP contribution in [0.15, 0.2) is 0 Å². The summed E-state index contributed by atoms with van der Waals surface area (Å²) in [5.41, 5.74) is -1.38. The number of hydrogen-bond donors (Lipinski definition) is 3. The molecule has 3 atom stereocenters. The highest BCUT2D eigenvalue weighted by atomic mass is 32.2. The number of carbonyl (C=O) groups is 5. The van der Waals surface area contributed by atoms with Gasteiger partial charge in [0.1, 0.15) is 29.3 Å². The smallest absolute Gasteiger partial charge is 0.411 e. The summed E-state index contributed by atoms with van der Waals surface area (Å²) in [7, 11) is 0. The van der Waals surface area contributed by atoms with Gasteiger partial charge in [0.2, 0.25) is 11.8 Å². The van der Waals surface area contributed by atoms with E-state index in [9.17, 15) is 29.1 Å². The van der Waals surface area contributed by atoms with Gasteiger partial charge >= 0.3 is 18.2 Å². The second-order valence-electron chi connectivity index (χ2n) is 11.7. The van der Waals surface area contributed by atoms with Crippen LogP contribution in [0.3, 0.4) is 0 Å². The number of carboxylic acids is 1. The molecule has 0 aromatic rings. The molecule has 0 bridgehead atoms. The van der Waals surface area contributed by atoms with Gasteiger partial charge in [-0.1, -0.05) is 0 Å². The predicted octanol–water partition coefficient (Wildman–Crippen LogP) is 2.55. The number of nitrogens with zero attached hydrogens (tertiary/aromatic N) is 2. The zero-order valence-corrected chi connectivity index (χ0v) is 26.0. The molecule has 0 spiro atoms. The molecule has 0 saturated carbocycles. The molecule has 0 radical (unpaired) electrons. The number of unbranched alkanes of at least 4 members (excludes halogenated alkanes) is 1. The minimum absolute atomic E-state index is 0.159. The molecule has 2 heterocycles. The van der Waals surface area contributed by atoms with Crippen LogP contribution in [0.2, 0.25) is 0 Å². The van der Waals surface area contributed by atoms with Crippen molar-refractivity contribution in [2.75, 3.05) is 42.6 Å². The predicted molar refractivity (Wildman–Crippen MR) is 155 cm³/mol. The quantitative estimate of drug-likeness (QED) is 0.335. The number of carbonyl (C=O) groups excluding carboxylic acids is 4. The van der Waals surface area contributed by atoms with Crippen molar-refractivity contribution in [2.45, 2.75) is 90.1 Å². The van der Waals surface area contributed by atoms with Crippen LogP contribution < -0.4 is 10.6 Å². The van der Waals surface area contributed by atoms with E-state index in [1.165, 1.54) is 21.6 Å². The summed E-state index contributed by atoms with van der Waals surface area (Å²) in [6.45, 7) is 11.6. The highest BCUT2D eigenvalue weighted by molar-refractivity contribution is 7.99. The number of aliphatic carboxylic acids is 1. The van der Waals surface area contributed by atoms with Crippen LogP contribution in [0.4, 0.5) is 9.59 Å². The minimum atomic E-state index is -1.17. The maximum Gasteiger partial charge on any atom is 0.411 e. The first-order valence-corrected chi connectivity index (χ1v) is 15.9. The Hall–Kier alpha value is -2.35. The second kappa shape index (κ2) is 15.0. The van der Waals surface area contributed by atoms with Gasteiger partial charge in [0.05, 0.1) is 0 Å². The Labute approximate surface area is 245 Å². The number of rotatable bonds is 9. The zero-order valence-electron chi connectivity index (χ0n) is 24.3. The van der Waals surface area contributed by atoms with Gasteiger partial charge in [-0.2, -0.15) is 23.5 Å². The first-order chi connectivity index (χ1) is 18.6. The molecular weight excluding hydrogens is 560 g/mol. The Morgan fingerprint density at radius 1 is 0.825 bits per heavy atom. The first-order valence-electron chi connectivity index (χ1n) is 13.5. The van der Waals surface area contributed by atoms with Gasteiger partial charge in [-0.05, 0) is 60.8 Å². The van der Waals surface area contributed by atoms with Crippen LogP contribution in [-0.4, -0.2) is 117 Å². The molecule has 0 aromatic carbocycles. The van der Waals surface area contributed by atoms with E-state index >= 15 is 0 Å². The number of carboxylic acid groups (broad SMARTS) is 1. The molecule has 3 unspecified atom stereocenters. The van der Waals surface area contributed by atoms with Crippen molar-refractivity contribution in [1.82, 2.24) is 20.4 Å². The fourth-order valence-corrected chi connectivity index (χ4v) is 6.14. The second-order valence-corrected chi connectivity index (χ2v) is 14.0. The van der Waals surface area contributed by atoms with Crippen LogP contribution in [0, 0.1) is 0 Å². The number of ether oxygens (including phenoxy) is 2. The van der Waals surface area contributed by atoms with E-state index in [1.807, 2.05) is 0 Å². The molecule has 228 valence electrons. The molecule has 2 aliphatic rings. The summed E-state index contributed by atoms with van der Waals surface area (Å²) in [6, 6.07) is -2.59. The van der Waals surface area contributed by atoms with E-state index in [4.69, 9.17) is 9.47 Å². The molecule has 2 fully saturated rings. The molecule has 2 aliphatic heterocycles. The summed E-state index contributed by atoms with van der Waals surface area (Å²) in [4.78, 5) is 65.6. The van der Waals surface area contributed by atoms with Crippen molar-refractivity contribution < 1.29 is 38.6 Å². The normalized spacial score (nSPS) is 20.8. The molecule has 40 heavy (non-hydrogen) atoms. The summed E-state index contributed by atoms with van der Waals surface area (Å²) >= 11 is 3.11. The standard InChI is InChI=1S/C26H44N4O8S2/c1-25(2,3)37-23(35)29-11-13-39-15-18(29)20(31)27-10-8-7-9-17(22(33)34)28-21(32)19-16-40-14-12-30(19)24(36)38-26(4,5)6/h17-19H,7-16H2,1-6H3,(H,27,31)(H,28,32)(H,33,34). The lowest BCUT2D eigenvalue weighted by Crippen LogP contribution is -2.57. The van der Waals surface area contributed by atoms with Crippen molar-refractivity contribution >= 4 is 53.5 Å². The molecule has 0 aliphatic carbocycles. The van der Waals surface area contributed by atoms with Crippen LogP contribution >= 0.6 is 23.5 Å². The number of nitrogens with one attached hydrogen (secondary N) is 2. The molecule has 12 nitrogen and oxygen atoms in total.